The van der Waals surface area contributed by atoms with Gasteiger partial charge in [-0.05, 0) is 70.3 Å². The van der Waals surface area contributed by atoms with Gasteiger partial charge in [-0.15, -0.1) is 11.3 Å². The van der Waals surface area contributed by atoms with Gasteiger partial charge in [-0.25, -0.2) is 9.97 Å². The predicted octanol–water partition coefficient (Wildman–Crippen LogP) is 14.7. The number of nitrogens with zero attached hydrogens (tertiary/aromatic N) is 2. The van der Waals surface area contributed by atoms with Crippen molar-refractivity contribution in [1.82, 2.24) is 9.97 Å². The zero-order valence-corrected chi connectivity index (χ0v) is 31.0. The third-order valence-electron chi connectivity index (χ3n) is 10.7. The molecule has 0 amide bonds. The second-order valence-electron chi connectivity index (χ2n) is 14.1. The van der Waals surface area contributed by atoms with Crippen LogP contribution in [0.2, 0.25) is 0 Å². The van der Waals surface area contributed by atoms with Crippen molar-refractivity contribution in [1.29, 1.82) is 0 Å². The summed E-state index contributed by atoms with van der Waals surface area (Å²) in [6, 6.07) is 68.4. The average Bonchev–Trinajstić information content (AvgIpc) is 3.86. The molecule has 3 nitrogen and oxygen atoms in total. The van der Waals surface area contributed by atoms with Gasteiger partial charge in [-0.2, -0.15) is 0 Å². The molecule has 56 heavy (non-hydrogen) atoms. The molecule has 0 radical (unpaired) electrons. The van der Waals surface area contributed by atoms with E-state index in [4.69, 9.17) is 14.4 Å². The first-order chi connectivity index (χ1) is 27.7. The highest BCUT2D eigenvalue weighted by molar-refractivity contribution is 7.26. The van der Waals surface area contributed by atoms with Crippen molar-refractivity contribution in [2.24, 2.45) is 0 Å². The summed E-state index contributed by atoms with van der Waals surface area (Å²) < 4.78 is 9.42. The largest absolute Gasteiger partial charge is 0.455 e. The van der Waals surface area contributed by atoms with Crippen LogP contribution in [0.4, 0.5) is 0 Å². The molecule has 262 valence electrons. The predicted molar refractivity (Wildman–Crippen MR) is 235 cm³/mol. The maximum absolute atomic E-state index is 6.86. The van der Waals surface area contributed by atoms with Crippen molar-refractivity contribution in [2.75, 3.05) is 0 Å². The molecule has 0 aliphatic rings. The fourth-order valence-corrected chi connectivity index (χ4v) is 9.26. The van der Waals surface area contributed by atoms with Crippen molar-refractivity contribution in [2.45, 2.75) is 0 Å². The van der Waals surface area contributed by atoms with Gasteiger partial charge in [-0.1, -0.05) is 152 Å². The minimum Gasteiger partial charge on any atom is -0.455 e. The van der Waals surface area contributed by atoms with Crippen LogP contribution in [0.5, 0.6) is 0 Å². The van der Waals surface area contributed by atoms with Gasteiger partial charge in [0, 0.05) is 53.2 Å². The van der Waals surface area contributed by atoms with E-state index < -0.39 is 0 Å². The Hall–Kier alpha value is -7.14. The van der Waals surface area contributed by atoms with Gasteiger partial charge in [0.25, 0.3) is 0 Å². The van der Waals surface area contributed by atoms with Gasteiger partial charge in [0.15, 0.2) is 5.82 Å². The summed E-state index contributed by atoms with van der Waals surface area (Å²) in [6.45, 7) is 0. The highest BCUT2D eigenvalue weighted by Gasteiger charge is 2.22. The van der Waals surface area contributed by atoms with Crippen molar-refractivity contribution in [3.63, 3.8) is 0 Å². The summed E-state index contributed by atoms with van der Waals surface area (Å²) in [4.78, 5) is 10.6. The molecular weight excluding hydrogens is 701 g/mol. The molecule has 0 aliphatic carbocycles. The van der Waals surface area contributed by atoms with E-state index in [1.807, 2.05) is 35.6 Å². The molecule has 11 rings (SSSR count). The van der Waals surface area contributed by atoms with Gasteiger partial charge in [0.05, 0.1) is 11.4 Å². The number of furan rings is 1. The van der Waals surface area contributed by atoms with Crippen molar-refractivity contribution in [3.05, 3.63) is 194 Å². The van der Waals surface area contributed by atoms with E-state index in [0.717, 1.165) is 77.8 Å². The minimum absolute atomic E-state index is 0.660. The van der Waals surface area contributed by atoms with E-state index in [1.54, 1.807) is 0 Å². The van der Waals surface area contributed by atoms with E-state index in [2.05, 4.69) is 170 Å². The lowest BCUT2D eigenvalue weighted by atomic mass is 9.93. The Bertz CT molecular complexity index is 3180. The fraction of sp³-hybridized carbons (Fsp3) is 0. The van der Waals surface area contributed by atoms with Crippen LogP contribution >= 0.6 is 11.3 Å². The maximum atomic E-state index is 6.86. The molecule has 4 heteroatoms. The first-order valence-electron chi connectivity index (χ1n) is 18.8. The topological polar surface area (TPSA) is 38.9 Å². The summed E-state index contributed by atoms with van der Waals surface area (Å²) >= 11 is 1.85. The Morgan fingerprint density at radius 3 is 1.68 bits per heavy atom. The van der Waals surface area contributed by atoms with Gasteiger partial charge < -0.3 is 4.42 Å². The number of hydrogen-bond acceptors (Lipinski definition) is 4. The van der Waals surface area contributed by atoms with Crippen molar-refractivity contribution < 1.29 is 4.42 Å². The first-order valence-corrected chi connectivity index (χ1v) is 19.6. The van der Waals surface area contributed by atoms with Crippen LogP contribution < -0.4 is 0 Å². The minimum atomic E-state index is 0.660. The van der Waals surface area contributed by atoms with Crippen LogP contribution in [0, 0.1) is 0 Å². The number of fused-ring (bicyclic) bond motifs is 6. The Morgan fingerprint density at radius 2 is 0.946 bits per heavy atom. The van der Waals surface area contributed by atoms with Crippen molar-refractivity contribution >= 4 is 53.4 Å². The molecule has 0 saturated carbocycles. The SMILES string of the molecule is c1ccc(-c2cc(-c3ccccc3)cc(-c3cc(-c4ccc(-c5cccc6c5sc5ccccc56)c5c4oc4ccccc45)nc(-c4ccccc4)n3)c2)cc1. The van der Waals surface area contributed by atoms with Crippen LogP contribution in [-0.4, -0.2) is 9.97 Å². The molecule has 0 fully saturated rings. The molecule has 0 aliphatic heterocycles. The molecule has 3 aromatic heterocycles. The molecule has 0 saturated heterocycles. The lowest BCUT2D eigenvalue weighted by Crippen LogP contribution is -1.97. The molecule has 0 spiro atoms. The number of hydrogen-bond donors (Lipinski definition) is 0. The molecule has 8 aromatic carbocycles. The normalized spacial score (nSPS) is 11.6. The maximum Gasteiger partial charge on any atom is 0.160 e. The smallest absolute Gasteiger partial charge is 0.160 e. The third-order valence-corrected chi connectivity index (χ3v) is 11.9. The summed E-state index contributed by atoms with van der Waals surface area (Å²) in [5, 5.41) is 4.72. The van der Waals surface area contributed by atoms with E-state index in [9.17, 15) is 0 Å². The molecule has 0 bridgehead atoms. The Balaban J connectivity index is 1.17. The van der Waals surface area contributed by atoms with E-state index >= 15 is 0 Å². The molecule has 11 aromatic rings. The number of rotatable bonds is 6. The lowest BCUT2D eigenvalue weighted by molar-refractivity contribution is 0.670. The monoisotopic (exact) mass is 732 g/mol. The standard InChI is InChI=1S/C52H32N2OS/c1-4-15-33(16-5-1)36-29-37(34-17-6-2-7-18-34)31-38(30-36)45-32-46(54-52(53-45)35-19-8-3-9-20-35)43-28-27-40(49-44-22-10-12-25-47(44)55-50(43)49)42-24-14-23-41-39-21-11-13-26-48(39)56-51(41)42/h1-32H. The van der Waals surface area contributed by atoms with Gasteiger partial charge in [0.1, 0.15) is 11.2 Å². The average molecular weight is 733 g/mol. The second kappa shape index (κ2) is 13.3. The van der Waals surface area contributed by atoms with Gasteiger partial charge >= 0.3 is 0 Å². The fourth-order valence-electron chi connectivity index (χ4n) is 8.03. The summed E-state index contributed by atoms with van der Waals surface area (Å²) in [5.74, 6) is 0.660. The first kappa shape index (κ1) is 32.3. The van der Waals surface area contributed by atoms with Gasteiger partial charge in [-0.3, -0.25) is 0 Å². The van der Waals surface area contributed by atoms with Crippen LogP contribution in [0.3, 0.4) is 0 Å². The summed E-state index contributed by atoms with van der Waals surface area (Å²) in [6.07, 6.45) is 0. The number of aromatic nitrogens is 2. The van der Waals surface area contributed by atoms with Crippen LogP contribution in [-0.2, 0) is 0 Å². The second-order valence-corrected chi connectivity index (χ2v) is 15.2. The molecule has 0 N–H and O–H groups in total. The number of thiophene rings is 1. The quantitative estimate of drug-likeness (QED) is 0.171. The zero-order valence-electron chi connectivity index (χ0n) is 30.2. The molecular formula is C52H32N2OS. The third kappa shape index (κ3) is 5.50. The molecule has 0 atom stereocenters. The summed E-state index contributed by atoms with van der Waals surface area (Å²) in [7, 11) is 0. The number of benzene rings is 8. The van der Waals surface area contributed by atoms with E-state index in [-0.39, 0.29) is 0 Å². The van der Waals surface area contributed by atoms with Crippen LogP contribution in [0.15, 0.2) is 199 Å². The van der Waals surface area contributed by atoms with Crippen LogP contribution in [0.25, 0.3) is 109 Å². The Labute approximate surface area is 327 Å². The van der Waals surface area contributed by atoms with E-state index in [1.165, 1.54) is 25.7 Å². The van der Waals surface area contributed by atoms with Crippen LogP contribution in [0.1, 0.15) is 0 Å². The van der Waals surface area contributed by atoms with Gasteiger partial charge in [0.2, 0.25) is 0 Å². The summed E-state index contributed by atoms with van der Waals surface area (Å²) in [5.41, 5.74) is 13.1. The molecule has 0 unspecified atom stereocenters. The molecule has 3 heterocycles. The number of para-hydroxylation sites is 1. The highest BCUT2D eigenvalue weighted by atomic mass is 32.1. The Kier molecular flexibility index (Phi) is 7.68. The van der Waals surface area contributed by atoms with Crippen molar-refractivity contribution in [3.8, 4) is 67.3 Å². The zero-order chi connectivity index (χ0) is 37.0. The lowest BCUT2D eigenvalue weighted by Gasteiger charge is -2.14. The highest BCUT2D eigenvalue weighted by Crippen LogP contribution is 2.46. The van der Waals surface area contributed by atoms with E-state index in [0.29, 0.717) is 5.82 Å². The Morgan fingerprint density at radius 1 is 0.375 bits per heavy atom.